The standard InChI is InChI=1S/C16H19NO5/c18-13(19)16(7-15(8-16)10-21-11-15)9-17-14(20)22-6-12-4-2-1-3-5-12/h1-5H,6-11H2,(H,17,20)(H,18,19). The van der Waals surface area contributed by atoms with Gasteiger partial charge in [0.05, 0.1) is 18.6 Å². The van der Waals surface area contributed by atoms with Crippen LogP contribution < -0.4 is 5.32 Å². The number of carbonyl (C=O) groups is 2. The molecule has 0 bridgehead atoms. The second-order valence-corrected chi connectivity index (χ2v) is 6.35. The van der Waals surface area contributed by atoms with Crippen molar-refractivity contribution in [1.82, 2.24) is 5.32 Å². The molecule has 1 aromatic rings. The SMILES string of the molecule is O=C(NCC1(C(=O)O)CC2(COC2)C1)OCc1ccccc1. The molecule has 3 rings (SSSR count). The molecule has 2 aliphatic rings. The zero-order valence-corrected chi connectivity index (χ0v) is 12.2. The van der Waals surface area contributed by atoms with Crippen LogP contribution in [-0.4, -0.2) is 36.9 Å². The number of nitrogens with one attached hydrogen (secondary N) is 1. The van der Waals surface area contributed by atoms with E-state index in [0.717, 1.165) is 5.56 Å². The highest BCUT2D eigenvalue weighted by Gasteiger charge is 2.62. The van der Waals surface area contributed by atoms with Gasteiger partial charge in [0, 0.05) is 12.0 Å². The minimum absolute atomic E-state index is 0.0218. The lowest BCUT2D eigenvalue weighted by Gasteiger charge is -2.58. The van der Waals surface area contributed by atoms with E-state index in [9.17, 15) is 14.7 Å². The maximum Gasteiger partial charge on any atom is 0.407 e. The van der Waals surface area contributed by atoms with Crippen molar-refractivity contribution in [1.29, 1.82) is 0 Å². The van der Waals surface area contributed by atoms with Gasteiger partial charge in [0.25, 0.3) is 0 Å². The molecule has 118 valence electrons. The molecule has 6 heteroatoms. The van der Waals surface area contributed by atoms with Crippen LogP contribution in [0.15, 0.2) is 30.3 Å². The van der Waals surface area contributed by atoms with E-state index in [1.807, 2.05) is 30.3 Å². The van der Waals surface area contributed by atoms with Crippen LogP contribution >= 0.6 is 0 Å². The summed E-state index contributed by atoms with van der Waals surface area (Å²) in [6.45, 7) is 1.52. The summed E-state index contributed by atoms with van der Waals surface area (Å²) in [5.74, 6) is -0.867. The fraction of sp³-hybridized carbons (Fsp3) is 0.500. The van der Waals surface area contributed by atoms with Gasteiger partial charge in [-0.3, -0.25) is 4.79 Å². The van der Waals surface area contributed by atoms with E-state index in [1.54, 1.807) is 0 Å². The molecule has 2 fully saturated rings. The van der Waals surface area contributed by atoms with Gasteiger partial charge in [-0.2, -0.15) is 0 Å². The van der Waals surface area contributed by atoms with Crippen LogP contribution in [0.4, 0.5) is 4.79 Å². The zero-order chi connectivity index (χ0) is 15.6. The lowest BCUT2D eigenvalue weighted by molar-refractivity contribution is -0.219. The Morgan fingerprint density at radius 1 is 1.23 bits per heavy atom. The Balaban J connectivity index is 1.46. The number of amides is 1. The number of carboxylic acids is 1. The van der Waals surface area contributed by atoms with E-state index in [-0.39, 0.29) is 18.6 Å². The molecule has 1 aliphatic heterocycles. The summed E-state index contributed by atoms with van der Waals surface area (Å²) in [5, 5.41) is 12.0. The van der Waals surface area contributed by atoms with Gasteiger partial charge < -0.3 is 19.9 Å². The molecule has 0 unspecified atom stereocenters. The van der Waals surface area contributed by atoms with Crippen LogP contribution in [0, 0.1) is 10.8 Å². The number of ether oxygens (including phenoxy) is 2. The molecule has 1 saturated carbocycles. The van der Waals surface area contributed by atoms with Crippen molar-refractivity contribution in [2.24, 2.45) is 10.8 Å². The van der Waals surface area contributed by atoms with Crippen LogP contribution in [0.2, 0.25) is 0 Å². The second-order valence-electron chi connectivity index (χ2n) is 6.35. The van der Waals surface area contributed by atoms with Crippen molar-refractivity contribution in [3.63, 3.8) is 0 Å². The summed E-state index contributed by atoms with van der Waals surface area (Å²) >= 11 is 0. The van der Waals surface area contributed by atoms with Gasteiger partial charge in [-0.15, -0.1) is 0 Å². The third kappa shape index (κ3) is 2.78. The fourth-order valence-corrected chi connectivity index (χ4v) is 3.35. The van der Waals surface area contributed by atoms with Crippen LogP contribution in [0.25, 0.3) is 0 Å². The van der Waals surface area contributed by atoms with E-state index in [4.69, 9.17) is 9.47 Å². The molecule has 2 N–H and O–H groups in total. The topological polar surface area (TPSA) is 84.9 Å². The van der Waals surface area contributed by atoms with E-state index in [1.165, 1.54) is 0 Å². The largest absolute Gasteiger partial charge is 0.481 e. The van der Waals surface area contributed by atoms with Crippen molar-refractivity contribution < 1.29 is 24.2 Å². The Morgan fingerprint density at radius 3 is 2.45 bits per heavy atom. The van der Waals surface area contributed by atoms with Gasteiger partial charge >= 0.3 is 12.1 Å². The average molecular weight is 305 g/mol. The molecular formula is C16H19NO5. The minimum atomic E-state index is -0.879. The predicted octanol–water partition coefficient (Wildman–Crippen LogP) is 1.79. The molecule has 0 radical (unpaired) electrons. The van der Waals surface area contributed by atoms with Gasteiger partial charge in [-0.25, -0.2) is 4.79 Å². The van der Waals surface area contributed by atoms with Crippen molar-refractivity contribution in [3.8, 4) is 0 Å². The lowest BCUT2D eigenvalue weighted by Crippen LogP contribution is -2.63. The Morgan fingerprint density at radius 2 is 1.91 bits per heavy atom. The fourth-order valence-electron chi connectivity index (χ4n) is 3.35. The molecule has 0 atom stereocenters. The molecule has 1 aromatic carbocycles. The smallest absolute Gasteiger partial charge is 0.407 e. The number of hydrogen-bond donors (Lipinski definition) is 2. The third-order valence-corrected chi connectivity index (χ3v) is 4.48. The first-order chi connectivity index (χ1) is 10.5. The van der Waals surface area contributed by atoms with E-state index >= 15 is 0 Å². The van der Waals surface area contributed by atoms with Gasteiger partial charge in [0.2, 0.25) is 0 Å². The predicted molar refractivity (Wildman–Crippen MR) is 77.2 cm³/mol. The molecule has 1 heterocycles. The maximum absolute atomic E-state index is 11.7. The third-order valence-electron chi connectivity index (χ3n) is 4.48. The summed E-state index contributed by atoms with van der Waals surface area (Å²) in [7, 11) is 0. The quantitative estimate of drug-likeness (QED) is 0.866. The first kappa shape index (κ1) is 14.8. The molecule has 1 aliphatic carbocycles. The molecule has 1 amide bonds. The van der Waals surface area contributed by atoms with Crippen LogP contribution in [0.5, 0.6) is 0 Å². The van der Waals surface area contributed by atoms with E-state index < -0.39 is 17.5 Å². The normalized spacial score (nSPS) is 20.5. The number of carbonyl (C=O) groups excluding carboxylic acids is 1. The highest BCUT2D eigenvalue weighted by Crippen LogP contribution is 2.58. The molecule has 6 nitrogen and oxygen atoms in total. The van der Waals surface area contributed by atoms with E-state index in [0.29, 0.717) is 26.1 Å². The minimum Gasteiger partial charge on any atom is -0.481 e. The van der Waals surface area contributed by atoms with Gasteiger partial charge in [-0.05, 0) is 18.4 Å². The number of alkyl carbamates (subject to hydrolysis) is 1. The first-order valence-electron chi connectivity index (χ1n) is 7.29. The Labute approximate surface area is 128 Å². The Kier molecular flexibility index (Phi) is 3.78. The van der Waals surface area contributed by atoms with Gasteiger partial charge in [-0.1, -0.05) is 30.3 Å². The summed E-state index contributed by atoms with van der Waals surface area (Å²) < 4.78 is 10.3. The van der Waals surface area contributed by atoms with Crippen molar-refractivity contribution >= 4 is 12.1 Å². The maximum atomic E-state index is 11.7. The second kappa shape index (κ2) is 5.61. The summed E-state index contributed by atoms with van der Waals surface area (Å²) in [6, 6.07) is 9.34. The number of benzene rings is 1. The molecule has 1 saturated heterocycles. The number of hydrogen-bond acceptors (Lipinski definition) is 4. The number of rotatable bonds is 5. The van der Waals surface area contributed by atoms with Gasteiger partial charge in [0.15, 0.2) is 0 Å². The summed E-state index contributed by atoms with van der Waals surface area (Å²) in [6.07, 6.45) is 0.512. The van der Waals surface area contributed by atoms with Crippen molar-refractivity contribution in [2.45, 2.75) is 19.4 Å². The highest BCUT2D eigenvalue weighted by atomic mass is 16.5. The van der Waals surface area contributed by atoms with Crippen LogP contribution in [0.1, 0.15) is 18.4 Å². The highest BCUT2D eigenvalue weighted by molar-refractivity contribution is 5.78. The first-order valence-corrected chi connectivity index (χ1v) is 7.29. The van der Waals surface area contributed by atoms with Crippen LogP contribution in [0.3, 0.4) is 0 Å². The summed E-state index contributed by atoms with van der Waals surface area (Å²) in [5.41, 5.74) is 0.0311. The Hall–Kier alpha value is -2.08. The van der Waals surface area contributed by atoms with Crippen molar-refractivity contribution in [3.05, 3.63) is 35.9 Å². The molecule has 22 heavy (non-hydrogen) atoms. The number of aliphatic carboxylic acids is 1. The molecular weight excluding hydrogens is 286 g/mol. The van der Waals surface area contributed by atoms with Gasteiger partial charge in [0.1, 0.15) is 6.61 Å². The van der Waals surface area contributed by atoms with Crippen molar-refractivity contribution in [2.75, 3.05) is 19.8 Å². The van der Waals surface area contributed by atoms with E-state index in [2.05, 4.69) is 5.32 Å². The average Bonchev–Trinajstić information content (AvgIpc) is 2.43. The Bertz CT molecular complexity index is 559. The van der Waals surface area contributed by atoms with Crippen LogP contribution in [-0.2, 0) is 20.9 Å². The molecule has 0 aromatic heterocycles. The monoisotopic (exact) mass is 305 g/mol. The molecule has 1 spiro atoms. The number of carboxylic acid groups (broad SMARTS) is 1. The summed E-state index contributed by atoms with van der Waals surface area (Å²) in [4.78, 5) is 23.2. The zero-order valence-electron chi connectivity index (χ0n) is 12.2. The lowest BCUT2D eigenvalue weighted by atomic mass is 9.51.